The molecule has 2 amide bonds. The van der Waals surface area contributed by atoms with Gasteiger partial charge in [-0.3, -0.25) is 9.69 Å². The van der Waals surface area contributed by atoms with Crippen LogP contribution in [-0.4, -0.2) is 35.1 Å². The van der Waals surface area contributed by atoms with E-state index >= 15 is 0 Å². The van der Waals surface area contributed by atoms with Crippen LogP contribution >= 0.6 is 0 Å². The zero-order valence-corrected chi connectivity index (χ0v) is 16.6. The largest absolute Gasteiger partial charge is 0.447 e. The minimum Gasteiger partial charge on any atom is -0.447 e. The number of aromatic amines is 1. The molecule has 2 N–H and O–H groups in total. The van der Waals surface area contributed by atoms with Crippen LogP contribution in [0.15, 0.2) is 79.1 Å². The lowest BCUT2D eigenvalue weighted by Gasteiger charge is -2.21. The maximum Gasteiger partial charge on any atom is 0.414 e. The molecule has 0 saturated carbocycles. The first-order valence-electron chi connectivity index (χ1n) is 10.0. The van der Waals surface area contributed by atoms with Crippen molar-refractivity contribution in [3.8, 4) is 0 Å². The molecule has 1 aromatic heterocycles. The first kappa shape index (κ1) is 18.9. The van der Waals surface area contributed by atoms with Gasteiger partial charge in [0.2, 0.25) is 0 Å². The van der Waals surface area contributed by atoms with Gasteiger partial charge in [0.1, 0.15) is 6.61 Å². The van der Waals surface area contributed by atoms with Crippen molar-refractivity contribution in [3.05, 3.63) is 95.8 Å². The lowest BCUT2D eigenvalue weighted by atomic mass is 9.97. The summed E-state index contributed by atoms with van der Waals surface area (Å²) in [7, 11) is 0. The quantitative estimate of drug-likeness (QED) is 0.518. The highest BCUT2D eigenvalue weighted by molar-refractivity contribution is 5.97. The molecule has 3 aromatic carbocycles. The number of ether oxygens (including phenoxy) is 1. The Morgan fingerprint density at radius 1 is 1.03 bits per heavy atom. The fraction of sp³-hybridized carbons (Fsp3) is 0.125. The molecule has 1 unspecified atom stereocenters. The van der Waals surface area contributed by atoms with Crippen molar-refractivity contribution >= 4 is 28.7 Å². The Morgan fingerprint density at radius 2 is 1.90 bits per heavy atom. The molecule has 1 aliphatic heterocycles. The van der Waals surface area contributed by atoms with Gasteiger partial charge in [0.15, 0.2) is 0 Å². The first-order valence-corrected chi connectivity index (χ1v) is 10.0. The van der Waals surface area contributed by atoms with Gasteiger partial charge >= 0.3 is 6.09 Å². The minimum atomic E-state index is -0.396. The molecule has 31 heavy (non-hydrogen) atoms. The lowest BCUT2D eigenvalue weighted by molar-refractivity contribution is 0.0943. The molecule has 0 spiro atoms. The van der Waals surface area contributed by atoms with E-state index in [1.165, 1.54) is 4.90 Å². The molecule has 0 radical (unpaired) electrons. The third-order valence-electron chi connectivity index (χ3n) is 5.37. The predicted octanol–water partition coefficient (Wildman–Crippen LogP) is 4.04. The van der Waals surface area contributed by atoms with Gasteiger partial charge in [0.05, 0.1) is 29.9 Å². The lowest BCUT2D eigenvalue weighted by Crippen LogP contribution is -2.30. The number of nitrogens with zero attached hydrogens (tertiary/aromatic N) is 2. The number of hydrogen-bond acceptors (Lipinski definition) is 4. The van der Waals surface area contributed by atoms with Crippen LogP contribution in [0.5, 0.6) is 0 Å². The summed E-state index contributed by atoms with van der Waals surface area (Å²) in [4.78, 5) is 34.0. The number of anilines is 1. The van der Waals surface area contributed by atoms with Gasteiger partial charge in [-0.1, -0.05) is 42.5 Å². The Labute approximate surface area is 178 Å². The molecule has 1 fully saturated rings. The van der Waals surface area contributed by atoms with Crippen molar-refractivity contribution < 1.29 is 14.3 Å². The summed E-state index contributed by atoms with van der Waals surface area (Å²) in [6.45, 7) is 0.822. The molecule has 7 heteroatoms. The molecule has 5 rings (SSSR count). The van der Waals surface area contributed by atoms with E-state index in [0.29, 0.717) is 24.4 Å². The van der Waals surface area contributed by atoms with Crippen molar-refractivity contribution in [2.75, 3.05) is 18.1 Å². The standard InChI is InChI=1S/C24H20N4O3/c29-23(18-7-4-8-19(13-18)28-11-12-31-24(28)30)27-22(16-5-2-1-3-6-16)17-9-10-20-21(14-17)26-15-25-20/h1-10,13-15,22H,11-12H2,(H,25,26)(H,27,29). The maximum absolute atomic E-state index is 13.2. The summed E-state index contributed by atoms with van der Waals surface area (Å²) >= 11 is 0. The number of imidazole rings is 1. The number of rotatable bonds is 5. The molecule has 1 atom stereocenters. The molecule has 2 heterocycles. The van der Waals surface area contributed by atoms with E-state index in [2.05, 4.69) is 15.3 Å². The Bertz CT molecular complexity index is 1250. The number of hydrogen-bond donors (Lipinski definition) is 2. The molecule has 154 valence electrons. The Hall–Kier alpha value is -4.13. The highest BCUT2D eigenvalue weighted by atomic mass is 16.6. The van der Waals surface area contributed by atoms with Gasteiger partial charge in [-0.15, -0.1) is 0 Å². The Morgan fingerprint density at radius 3 is 2.71 bits per heavy atom. The number of carbonyl (C=O) groups excluding carboxylic acids is 2. The number of fused-ring (bicyclic) bond motifs is 1. The Kier molecular flexibility index (Phi) is 4.84. The highest BCUT2D eigenvalue weighted by Gasteiger charge is 2.25. The van der Waals surface area contributed by atoms with Crippen LogP contribution in [0.25, 0.3) is 11.0 Å². The normalized spacial score (nSPS) is 14.5. The van der Waals surface area contributed by atoms with E-state index in [4.69, 9.17) is 4.74 Å². The van der Waals surface area contributed by atoms with Crippen molar-refractivity contribution in [1.29, 1.82) is 0 Å². The van der Waals surface area contributed by atoms with E-state index in [0.717, 1.165) is 22.2 Å². The van der Waals surface area contributed by atoms with Crippen LogP contribution in [0.3, 0.4) is 0 Å². The number of nitrogens with one attached hydrogen (secondary N) is 2. The maximum atomic E-state index is 13.2. The van der Waals surface area contributed by atoms with Gasteiger partial charge in [-0.05, 0) is 41.5 Å². The highest BCUT2D eigenvalue weighted by Crippen LogP contribution is 2.26. The fourth-order valence-corrected chi connectivity index (χ4v) is 3.79. The molecule has 4 aromatic rings. The molecular formula is C24H20N4O3. The van der Waals surface area contributed by atoms with Crippen molar-refractivity contribution in [2.24, 2.45) is 0 Å². The second-order valence-electron chi connectivity index (χ2n) is 7.31. The smallest absolute Gasteiger partial charge is 0.414 e. The minimum absolute atomic E-state index is 0.229. The number of H-pyrrole nitrogens is 1. The zero-order chi connectivity index (χ0) is 21.2. The average Bonchev–Trinajstić information content (AvgIpc) is 3.46. The fourth-order valence-electron chi connectivity index (χ4n) is 3.79. The van der Waals surface area contributed by atoms with Crippen LogP contribution in [0.4, 0.5) is 10.5 Å². The summed E-state index contributed by atoms with van der Waals surface area (Å²) in [5.74, 6) is -0.229. The number of carbonyl (C=O) groups is 2. The van der Waals surface area contributed by atoms with Gasteiger partial charge in [-0.25, -0.2) is 9.78 Å². The third-order valence-corrected chi connectivity index (χ3v) is 5.37. The zero-order valence-electron chi connectivity index (χ0n) is 16.6. The first-order chi connectivity index (χ1) is 15.2. The van der Waals surface area contributed by atoms with Crippen LogP contribution in [0.2, 0.25) is 0 Å². The second kappa shape index (κ2) is 7.95. The van der Waals surface area contributed by atoms with Gasteiger partial charge in [0, 0.05) is 11.3 Å². The summed E-state index contributed by atoms with van der Waals surface area (Å²) in [5.41, 5.74) is 4.80. The van der Waals surface area contributed by atoms with Crippen molar-refractivity contribution in [2.45, 2.75) is 6.04 Å². The summed E-state index contributed by atoms with van der Waals surface area (Å²) in [6, 6.07) is 22.4. The monoisotopic (exact) mass is 412 g/mol. The molecular weight excluding hydrogens is 392 g/mol. The van der Waals surface area contributed by atoms with E-state index in [1.54, 1.807) is 30.6 Å². The van der Waals surface area contributed by atoms with Gasteiger partial charge < -0.3 is 15.0 Å². The van der Waals surface area contributed by atoms with Crippen molar-refractivity contribution in [3.63, 3.8) is 0 Å². The summed E-state index contributed by atoms with van der Waals surface area (Å²) in [6.07, 6.45) is 1.26. The van der Waals surface area contributed by atoms with E-state index in [1.807, 2.05) is 48.5 Å². The van der Waals surface area contributed by atoms with E-state index in [9.17, 15) is 9.59 Å². The number of benzene rings is 3. The molecule has 0 aliphatic carbocycles. The van der Waals surface area contributed by atoms with Gasteiger partial charge in [-0.2, -0.15) is 0 Å². The van der Waals surface area contributed by atoms with Crippen LogP contribution in [0, 0.1) is 0 Å². The SMILES string of the molecule is O=C(NC(c1ccccc1)c1ccc2nc[nH]c2c1)c1cccc(N2CCOC2=O)c1. The number of amides is 2. The summed E-state index contributed by atoms with van der Waals surface area (Å²) in [5, 5.41) is 3.14. The summed E-state index contributed by atoms with van der Waals surface area (Å²) < 4.78 is 5.01. The van der Waals surface area contributed by atoms with Crippen molar-refractivity contribution in [1.82, 2.24) is 15.3 Å². The van der Waals surface area contributed by atoms with Crippen LogP contribution in [-0.2, 0) is 4.74 Å². The topological polar surface area (TPSA) is 87.3 Å². The molecule has 1 saturated heterocycles. The molecule has 1 aliphatic rings. The van der Waals surface area contributed by atoms with E-state index < -0.39 is 6.09 Å². The number of aromatic nitrogens is 2. The average molecular weight is 412 g/mol. The predicted molar refractivity (Wildman–Crippen MR) is 117 cm³/mol. The van der Waals surface area contributed by atoms with E-state index in [-0.39, 0.29) is 11.9 Å². The Balaban J connectivity index is 1.47. The van der Waals surface area contributed by atoms with Gasteiger partial charge in [0.25, 0.3) is 5.91 Å². The van der Waals surface area contributed by atoms with Crippen LogP contribution in [0.1, 0.15) is 27.5 Å². The number of cyclic esters (lactones) is 1. The molecule has 7 nitrogen and oxygen atoms in total. The molecule has 0 bridgehead atoms. The third kappa shape index (κ3) is 3.73. The second-order valence-corrected chi connectivity index (χ2v) is 7.31. The van der Waals surface area contributed by atoms with Crippen LogP contribution < -0.4 is 10.2 Å².